The Labute approximate surface area is 151 Å². The Morgan fingerprint density at radius 2 is 2.04 bits per heavy atom. The minimum Gasteiger partial charge on any atom is -0.480 e. The normalized spacial score (nSPS) is 27.4. The number of rotatable bonds is 8. The molecule has 1 unspecified atom stereocenters. The maximum Gasteiger partial charge on any atom is 0.328 e. The molecule has 0 saturated carbocycles. The topological polar surface area (TPSA) is 202 Å². The van der Waals surface area contributed by atoms with Crippen molar-refractivity contribution in [1.82, 2.24) is 4.98 Å². The number of aliphatic carboxylic acids is 1. The van der Waals surface area contributed by atoms with E-state index in [-0.39, 0.29) is 24.4 Å². The Balaban J connectivity index is 2.14. The summed E-state index contributed by atoms with van der Waals surface area (Å²) in [4.78, 5) is 30.0. The van der Waals surface area contributed by atoms with Gasteiger partial charge in [-0.2, -0.15) is 0 Å². The third kappa shape index (κ3) is 4.53. The van der Waals surface area contributed by atoms with Crippen molar-refractivity contribution in [3.05, 3.63) is 16.1 Å². The molecule has 1 aliphatic rings. The number of carboxylic acids is 1. The van der Waals surface area contributed by atoms with Crippen LogP contribution in [-0.2, 0) is 14.3 Å². The van der Waals surface area contributed by atoms with Crippen molar-refractivity contribution in [2.75, 3.05) is 6.61 Å². The van der Waals surface area contributed by atoms with Crippen LogP contribution in [0.1, 0.15) is 29.6 Å². The number of aliphatic hydroxyl groups is 3. The number of thiazole rings is 1. The first kappa shape index (κ1) is 20.2. The molecule has 0 bridgehead atoms. The van der Waals surface area contributed by atoms with E-state index in [0.717, 1.165) is 11.3 Å². The van der Waals surface area contributed by atoms with Crippen molar-refractivity contribution in [2.45, 2.75) is 43.3 Å². The van der Waals surface area contributed by atoms with E-state index >= 15 is 0 Å². The number of nitrogens with two attached hydrogens (primary N) is 2. The highest BCUT2D eigenvalue weighted by atomic mass is 32.1. The number of hydrogen-bond acceptors (Lipinski definition) is 9. The summed E-state index contributed by atoms with van der Waals surface area (Å²) in [5.74, 6) is -2.06. The summed E-state index contributed by atoms with van der Waals surface area (Å²) in [6, 6.07) is -1.25. The van der Waals surface area contributed by atoms with Gasteiger partial charge in [0.05, 0.1) is 6.61 Å². The van der Waals surface area contributed by atoms with Crippen LogP contribution in [0.25, 0.3) is 0 Å². The summed E-state index contributed by atoms with van der Waals surface area (Å²) in [6.45, 7) is -0.462. The first-order valence-corrected chi connectivity index (χ1v) is 8.55. The molecule has 8 N–H and O–H groups in total. The van der Waals surface area contributed by atoms with E-state index in [9.17, 15) is 19.8 Å². The van der Waals surface area contributed by atoms with Crippen LogP contribution in [0.2, 0.25) is 0 Å². The average molecular weight is 388 g/mol. The standard InChI is InChI=1S/C14H20N4O7S/c15-8(20)2-1-5(14(23)24)17-12(16)6-4-26-13(18-6)11-10(22)9(21)7(3-19)25-11/h4-5,7,9-11,19,21-22H,1-3H2,(H2,15,20)(H2,16,17)(H,23,24)/t5?,7-,9-,10-,11-/m1/s1. The van der Waals surface area contributed by atoms with Crippen LogP contribution in [0.15, 0.2) is 10.4 Å². The highest BCUT2D eigenvalue weighted by Gasteiger charge is 2.44. The second-order valence-corrected chi connectivity index (χ2v) is 6.59. The number of aliphatic hydroxyl groups excluding tert-OH is 3. The third-order valence-electron chi connectivity index (χ3n) is 3.81. The van der Waals surface area contributed by atoms with Gasteiger partial charge in [-0.25, -0.2) is 9.78 Å². The zero-order chi connectivity index (χ0) is 19.4. The van der Waals surface area contributed by atoms with E-state index in [1.807, 2.05) is 0 Å². The number of aromatic nitrogens is 1. The zero-order valence-electron chi connectivity index (χ0n) is 13.6. The predicted octanol–water partition coefficient (Wildman–Crippen LogP) is -2.28. The number of ether oxygens (including phenoxy) is 1. The fourth-order valence-electron chi connectivity index (χ4n) is 2.40. The fraction of sp³-hybridized carbons (Fsp3) is 0.571. The molecule has 2 rings (SSSR count). The highest BCUT2D eigenvalue weighted by molar-refractivity contribution is 7.09. The molecule has 0 radical (unpaired) electrons. The lowest BCUT2D eigenvalue weighted by Crippen LogP contribution is -2.32. The second kappa shape index (κ2) is 8.51. The van der Waals surface area contributed by atoms with Crippen molar-refractivity contribution in [3.63, 3.8) is 0 Å². The molecule has 1 fully saturated rings. The molecule has 1 amide bonds. The minimum absolute atomic E-state index is 0.100. The summed E-state index contributed by atoms with van der Waals surface area (Å²) in [5, 5.41) is 39.8. The van der Waals surface area contributed by atoms with E-state index in [0.29, 0.717) is 5.01 Å². The first-order valence-electron chi connectivity index (χ1n) is 7.67. The molecule has 0 aliphatic carbocycles. The minimum atomic E-state index is -1.27. The maximum atomic E-state index is 11.2. The molecule has 144 valence electrons. The number of amides is 1. The van der Waals surface area contributed by atoms with Gasteiger partial charge < -0.3 is 36.6 Å². The quantitative estimate of drug-likeness (QED) is 0.209. The van der Waals surface area contributed by atoms with Gasteiger partial charge in [0.2, 0.25) is 5.91 Å². The number of aliphatic imine (C=N–C) groups is 1. The summed E-state index contributed by atoms with van der Waals surface area (Å²) < 4.78 is 5.37. The molecule has 1 aliphatic heterocycles. The molecule has 2 heterocycles. The van der Waals surface area contributed by atoms with E-state index in [2.05, 4.69) is 9.98 Å². The maximum absolute atomic E-state index is 11.2. The number of primary amides is 1. The van der Waals surface area contributed by atoms with Gasteiger partial charge >= 0.3 is 5.97 Å². The van der Waals surface area contributed by atoms with Crippen molar-refractivity contribution in [2.24, 2.45) is 16.5 Å². The van der Waals surface area contributed by atoms with Gasteiger partial charge in [0.25, 0.3) is 0 Å². The SMILES string of the molecule is NC(=O)CCC(N=C(N)c1csc([C@@H]2O[C@H](CO)[C@@H](O)[C@H]2O)n1)C(=O)O. The largest absolute Gasteiger partial charge is 0.480 e. The molecule has 12 heteroatoms. The van der Waals surface area contributed by atoms with Crippen molar-refractivity contribution >= 4 is 29.0 Å². The van der Waals surface area contributed by atoms with Crippen LogP contribution >= 0.6 is 11.3 Å². The molecule has 0 aromatic carbocycles. The Bertz CT molecular complexity index is 695. The van der Waals surface area contributed by atoms with Crippen LogP contribution < -0.4 is 11.5 Å². The Kier molecular flexibility index (Phi) is 6.61. The summed E-state index contributed by atoms with van der Waals surface area (Å²) >= 11 is 1.08. The van der Waals surface area contributed by atoms with Crippen molar-refractivity contribution in [3.8, 4) is 0 Å². The van der Waals surface area contributed by atoms with Crippen molar-refractivity contribution < 1.29 is 34.8 Å². The smallest absolute Gasteiger partial charge is 0.328 e. The van der Waals surface area contributed by atoms with Gasteiger partial charge in [0.1, 0.15) is 47.0 Å². The number of carbonyl (C=O) groups is 2. The summed E-state index contributed by atoms with van der Waals surface area (Å²) in [5.41, 5.74) is 11.0. The molecule has 0 spiro atoms. The van der Waals surface area contributed by atoms with Gasteiger partial charge in [0.15, 0.2) is 0 Å². The lowest BCUT2D eigenvalue weighted by atomic mass is 10.1. The van der Waals surface area contributed by atoms with Gasteiger partial charge in [-0.05, 0) is 6.42 Å². The number of nitrogens with zero attached hydrogens (tertiary/aromatic N) is 2. The first-order chi connectivity index (χ1) is 12.2. The fourth-order valence-corrected chi connectivity index (χ4v) is 3.28. The molecular weight excluding hydrogens is 368 g/mol. The predicted molar refractivity (Wildman–Crippen MR) is 89.4 cm³/mol. The molecule has 26 heavy (non-hydrogen) atoms. The van der Waals surface area contributed by atoms with E-state index in [4.69, 9.17) is 26.4 Å². The van der Waals surface area contributed by atoms with Gasteiger partial charge in [-0.15, -0.1) is 11.3 Å². The third-order valence-corrected chi connectivity index (χ3v) is 4.72. The van der Waals surface area contributed by atoms with Crippen LogP contribution in [0.4, 0.5) is 0 Å². The molecule has 5 atom stereocenters. The number of hydrogen-bond donors (Lipinski definition) is 6. The van der Waals surface area contributed by atoms with E-state index in [1.54, 1.807) is 0 Å². The molecule has 1 saturated heterocycles. The molecule has 1 aromatic heterocycles. The van der Waals surface area contributed by atoms with Crippen LogP contribution in [0.5, 0.6) is 0 Å². The summed E-state index contributed by atoms with van der Waals surface area (Å²) in [7, 11) is 0. The van der Waals surface area contributed by atoms with Crippen molar-refractivity contribution in [1.29, 1.82) is 0 Å². The van der Waals surface area contributed by atoms with E-state index in [1.165, 1.54) is 5.38 Å². The second-order valence-electron chi connectivity index (χ2n) is 5.70. The molecule has 1 aromatic rings. The highest BCUT2D eigenvalue weighted by Crippen LogP contribution is 2.34. The molecule has 11 nitrogen and oxygen atoms in total. The number of amidine groups is 1. The number of carbonyl (C=O) groups excluding carboxylic acids is 1. The lowest BCUT2D eigenvalue weighted by Gasteiger charge is -2.11. The Morgan fingerprint density at radius 1 is 1.35 bits per heavy atom. The average Bonchev–Trinajstić information content (AvgIpc) is 3.17. The van der Waals surface area contributed by atoms with E-state index < -0.39 is 48.9 Å². The monoisotopic (exact) mass is 388 g/mol. The molecular formula is C14H20N4O7S. The summed E-state index contributed by atoms with van der Waals surface area (Å²) in [6.07, 6.45) is -4.66. The van der Waals surface area contributed by atoms with Crippen LogP contribution in [0, 0.1) is 0 Å². The Hall–Kier alpha value is -2.12. The zero-order valence-corrected chi connectivity index (χ0v) is 14.4. The van der Waals surface area contributed by atoms with Crippen LogP contribution in [-0.4, -0.2) is 74.1 Å². The Morgan fingerprint density at radius 3 is 2.58 bits per heavy atom. The van der Waals surface area contributed by atoms with Gasteiger partial charge in [0, 0.05) is 11.8 Å². The van der Waals surface area contributed by atoms with Gasteiger partial charge in [-0.3, -0.25) is 9.79 Å². The number of carboxylic acid groups (broad SMARTS) is 1. The van der Waals surface area contributed by atoms with Crippen LogP contribution in [0.3, 0.4) is 0 Å². The lowest BCUT2D eigenvalue weighted by molar-refractivity contribution is -0.138. The van der Waals surface area contributed by atoms with Gasteiger partial charge in [-0.1, -0.05) is 0 Å².